The molecule has 6 heteroatoms. The maximum absolute atomic E-state index is 9.61. The van der Waals surface area contributed by atoms with E-state index in [9.17, 15) is 5.11 Å². The minimum absolute atomic E-state index is 0.112. The summed E-state index contributed by atoms with van der Waals surface area (Å²) >= 11 is 2.23. The molecule has 0 aromatic rings. The Morgan fingerprint density at radius 3 is 2.62 bits per heavy atom. The molecule has 2 saturated heterocycles. The molecule has 2 aliphatic rings. The van der Waals surface area contributed by atoms with Gasteiger partial charge in [-0.15, -0.1) is 0 Å². The van der Waals surface area contributed by atoms with Gasteiger partial charge in [0.1, 0.15) is 6.10 Å². The third kappa shape index (κ3) is 1.79. The Morgan fingerprint density at radius 1 is 1.44 bits per heavy atom. The van der Waals surface area contributed by atoms with Gasteiger partial charge in [0.05, 0.1) is 12.7 Å². The van der Waals surface area contributed by atoms with Crippen LogP contribution in [0, 0.1) is 0 Å². The summed E-state index contributed by atoms with van der Waals surface area (Å²) in [5.41, 5.74) is -0.895. The lowest BCUT2D eigenvalue weighted by Gasteiger charge is -2.30. The molecule has 5 nitrogen and oxygen atoms in total. The van der Waals surface area contributed by atoms with Crippen molar-refractivity contribution in [1.82, 2.24) is 0 Å². The number of ether oxygens (including phenoxy) is 4. The van der Waals surface area contributed by atoms with Crippen LogP contribution < -0.4 is 0 Å². The molecule has 0 aliphatic carbocycles. The van der Waals surface area contributed by atoms with Crippen LogP contribution in [0.5, 0.6) is 0 Å². The smallest absolute Gasteiger partial charge is 0.191 e. The average molecular weight is 344 g/mol. The summed E-state index contributed by atoms with van der Waals surface area (Å²) in [7, 11) is 1.55. The van der Waals surface area contributed by atoms with Crippen LogP contribution in [0.4, 0.5) is 0 Å². The van der Waals surface area contributed by atoms with E-state index in [4.69, 9.17) is 18.9 Å². The Bertz CT molecular complexity index is 272. The fourth-order valence-corrected chi connectivity index (χ4v) is 3.10. The van der Waals surface area contributed by atoms with E-state index < -0.39 is 17.7 Å². The van der Waals surface area contributed by atoms with E-state index in [0.717, 1.165) is 4.43 Å². The maximum atomic E-state index is 9.61. The van der Waals surface area contributed by atoms with Crippen molar-refractivity contribution in [1.29, 1.82) is 0 Å². The molecule has 2 rings (SSSR count). The first-order valence-electron chi connectivity index (χ1n) is 5.22. The van der Waals surface area contributed by atoms with Gasteiger partial charge in [-0.25, -0.2) is 0 Å². The van der Waals surface area contributed by atoms with E-state index in [1.54, 1.807) is 7.11 Å². The topological polar surface area (TPSA) is 57.2 Å². The molecule has 0 bridgehead atoms. The van der Waals surface area contributed by atoms with E-state index in [2.05, 4.69) is 22.6 Å². The summed E-state index contributed by atoms with van der Waals surface area (Å²) in [6.07, 6.45) is -0.974. The number of aliphatic hydroxyl groups excluding tert-OH is 1. The van der Waals surface area contributed by atoms with Crippen molar-refractivity contribution < 1.29 is 24.1 Å². The van der Waals surface area contributed by atoms with Gasteiger partial charge >= 0.3 is 0 Å². The van der Waals surface area contributed by atoms with Gasteiger partial charge in [0.15, 0.2) is 17.7 Å². The van der Waals surface area contributed by atoms with Gasteiger partial charge in [0.25, 0.3) is 0 Å². The lowest BCUT2D eigenvalue weighted by Crippen LogP contribution is -2.50. The van der Waals surface area contributed by atoms with Crippen molar-refractivity contribution in [3.63, 3.8) is 0 Å². The number of hydrogen-bond donors (Lipinski definition) is 1. The fourth-order valence-electron chi connectivity index (χ4n) is 2.43. The normalized spacial score (nSPS) is 45.9. The highest BCUT2D eigenvalue weighted by atomic mass is 127. The second-order valence-corrected chi connectivity index (χ2v) is 5.43. The van der Waals surface area contributed by atoms with Gasteiger partial charge in [-0.1, -0.05) is 22.6 Å². The molecule has 0 amide bonds. The van der Waals surface area contributed by atoms with Crippen LogP contribution in [0.1, 0.15) is 13.8 Å². The molecule has 1 unspecified atom stereocenters. The zero-order chi connectivity index (χ0) is 12.0. The zero-order valence-corrected chi connectivity index (χ0v) is 11.8. The first-order valence-corrected chi connectivity index (χ1v) is 6.74. The number of fused-ring (bicyclic) bond motifs is 1. The lowest BCUT2D eigenvalue weighted by atomic mass is 9.97. The standard InChI is InChI=1S/C10H17IO5/c1-9(2)15-7-6(4-11)14-8(13-3)10(7,5-12)16-9/h6-8,12H,4-5H2,1-3H3/t6-,7-,8?,10-/m1/s1. The summed E-state index contributed by atoms with van der Waals surface area (Å²) in [5.74, 6) is -0.710. The monoisotopic (exact) mass is 344 g/mol. The molecule has 2 heterocycles. The van der Waals surface area contributed by atoms with E-state index in [0.29, 0.717) is 0 Å². The number of aliphatic hydroxyl groups is 1. The molecular weight excluding hydrogens is 327 g/mol. The van der Waals surface area contributed by atoms with Crippen LogP contribution in [0.15, 0.2) is 0 Å². The summed E-state index contributed by atoms with van der Waals surface area (Å²) in [6.45, 7) is 3.49. The summed E-state index contributed by atoms with van der Waals surface area (Å²) in [5, 5.41) is 9.61. The Labute approximate surface area is 109 Å². The largest absolute Gasteiger partial charge is 0.393 e. The van der Waals surface area contributed by atoms with Crippen molar-refractivity contribution in [2.24, 2.45) is 0 Å². The minimum Gasteiger partial charge on any atom is -0.393 e. The predicted octanol–water partition coefficient (Wildman–Crippen LogP) is 0.675. The van der Waals surface area contributed by atoms with Gasteiger partial charge in [-0.3, -0.25) is 0 Å². The second-order valence-electron chi connectivity index (χ2n) is 4.55. The van der Waals surface area contributed by atoms with Gasteiger partial charge in [0, 0.05) is 11.5 Å². The van der Waals surface area contributed by atoms with Crippen molar-refractivity contribution in [2.45, 2.75) is 43.7 Å². The lowest BCUT2D eigenvalue weighted by molar-refractivity contribution is -0.257. The number of halogens is 1. The molecular formula is C10H17IO5. The highest BCUT2D eigenvalue weighted by Gasteiger charge is 2.66. The molecule has 0 saturated carbocycles. The van der Waals surface area contributed by atoms with E-state index >= 15 is 0 Å². The Morgan fingerprint density at radius 2 is 2.12 bits per heavy atom. The first kappa shape index (κ1) is 13.0. The summed E-state index contributed by atoms with van der Waals surface area (Å²) in [4.78, 5) is 0. The first-order chi connectivity index (χ1) is 7.49. The van der Waals surface area contributed by atoms with Crippen LogP contribution in [0.3, 0.4) is 0 Å². The molecule has 0 aromatic heterocycles. The minimum atomic E-state index is -0.895. The van der Waals surface area contributed by atoms with Gasteiger partial charge < -0.3 is 24.1 Å². The van der Waals surface area contributed by atoms with E-state index in [-0.39, 0.29) is 18.8 Å². The number of hydrogen-bond acceptors (Lipinski definition) is 5. The average Bonchev–Trinajstić information content (AvgIpc) is 2.66. The second kappa shape index (κ2) is 4.33. The van der Waals surface area contributed by atoms with Crippen LogP contribution in [0.25, 0.3) is 0 Å². The molecule has 0 radical (unpaired) electrons. The summed E-state index contributed by atoms with van der Waals surface area (Å²) in [6, 6.07) is 0. The van der Waals surface area contributed by atoms with Crippen LogP contribution >= 0.6 is 22.6 Å². The molecule has 16 heavy (non-hydrogen) atoms. The highest BCUT2D eigenvalue weighted by Crippen LogP contribution is 2.47. The Hall–Kier alpha value is 0.530. The zero-order valence-electron chi connectivity index (χ0n) is 9.60. The SMILES string of the molecule is COC1O[C@H](CI)[C@H]2OC(C)(C)O[C@@]12CO. The van der Waals surface area contributed by atoms with Crippen LogP contribution in [0.2, 0.25) is 0 Å². The van der Waals surface area contributed by atoms with Gasteiger partial charge in [-0.2, -0.15) is 0 Å². The molecule has 0 spiro atoms. The molecule has 2 fully saturated rings. The molecule has 2 aliphatic heterocycles. The quantitative estimate of drug-likeness (QED) is 0.603. The molecule has 94 valence electrons. The van der Waals surface area contributed by atoms with Gasteiger partial charge in [-0.05, 0) is 13.8 Å². The van der Waals surface area contributed by atoms with Crippen molar-refractivity contribution in [3.05, 3.63) is 0 Å². The Balaban J connectivity index is 2.31. The van der Waals surface area contributed by atoms with Crippen molar-refractivity contribution >= 4 is 22.6 Å². The van der Waals surface area contributed by atoms with Crippen molar-refractivity contribution in [3.8, 4) is 0 Å². The Kier molecular flexibility index (Phi) is 3.51. The predicted molar refractivity (Wildman–Crippen MR) is 64.4 cm³/mol. The number of alkyl halides is 1. The van der Waals surface area contributed by atoms with Crippen molar-refractivity contribution in [2.75, 3.05) is 18.1 Å². The van der Waals surface area contributed by atoms with Gasteiger partial charge in [0.2, 0.25) is 0 Å². The number of rotatable bonds is 3. The molecule has 0 aromatic carbocycles. The summed E-state index contributed by atoms with van der Waals surface area (Å²) < 4.78 is 23.3. The van der Waals surface area contributed by atoms with E-state index in [1.807, 2.05) is 13.8 Å². The molecule has 4 atom stereocenters. The van der Waals surface area contributed by atoms with Crippen LogP contribution in [-0.4, -0.2) is 53.1 Å². The fraction of sp³-hybridized carbons (Fsp3) is 1.00. The van der Waals surface area contributed by atoms with E-state index in [1.165, 1.54) is 0 Å². The third-order valence-corrected chi connectivity index (χ3v) is 3.84. The molecule has 1 N–H and O–H groups in total. The maximum Gasteiger partial charge on any atom is 0.191 e. The number of methoxy groups -OCH3 is 1. The third-order valence-electron chi connectivity index (χ3n) is 2.98. The van der Waals surface area contributed by atoms with Crippen LogP contribution in [-0.2, 0) is 18.9 Å². The highest BCUT2D eigenvalue weighted by molar-refractivity contribution is 14.1.